The van der Waals surface area contributed by atoms with Crippen LogP contribution in [-0.4, -0.2) is 9.97 Å². The molecule has 2 aromatic heterocycles. The maximum absolute atomic E-state index is 13.3. The van der Waals surface area contributed by atoms with Crippen LogP contribution in [0.5, 0.6) is 0 Å². The second-order valence-electron chi connectivity index (χ2n) is 4.89. The molecule has 1 atom stereocenters. The van der Waals surface area contributed by atoms with E-state index in [9.17, 15) is 4.39 Å². The Hall–Kier alpha value is -1.94. The fraction of sp³-hybridized carbons (Fsp3) is 0.188. The molecule has 0 aliphatic rings. The number of thiophene rings is 1. The minimum Gasteiger partial charge on any atom is -0.348 e. The van der Waals surface area contributed by atoms with Crippen molar-refractivity contribution in [2.24, 2.45) is 0 Å². The Labute approximate surface area is 121 Å². The van der Waals surface area contributed by atoms with Gasteiger partial charge in [0.1, 0.15) is 5.82 Å². The van der Waals surface area contributed by atoms with Gasteiger partial charge in [-0.25, -0.2) is 9.37 Å². The first-order chi connectivity index (χ1) is 9.65. The lowest BCUT2D eigenvalue weighted by Gasteiger charge is -2.01. The third-order valence-corrected chi connectivity index (χ3v) is 4.72. The Morgan fingerprint density at radius 2 is 2.25 bits per heavy atom. The normalized spacial score (nSPS) is 13.3. The first-order valence-electron chi connectivity index (χ1n) is 6.50. The van der Waals surface area contributed by atoms with Crippen LogP contribution >= 0.6 is 11.3 Å². The zero-order chi connectivity index (χ0) is 14.1. The molecule has 0 bridgehead atoms. The van der Waals surface area contributed by atoms with Crippen molar-refractivity contribution in [1.29, 1.82) is 0 Å². The van der Waals surface area contributed by atoms with Gasteiger partial charge in [-0.3, -0.25) is 0 Å². The van der Waals surface area contributed by atoms with E-state index in [0.29, 0.717) is 0 Å². The minimum atomic E-state index is -0.181. The first kappa shape index (κ1) is 13.1. The Balaban J connectivity index is 1.93. The molecule has 2 heterocycles. The van der Waals surface area contributed by atoms with Crippen molar-refractivity contribution in [2.45, 2.75) is 19.8 Å². The molecule has 4 heteroatoms. The second-order valence-corrected chi connectivity index (χ2v) is 5.97. The highest BCUT2D eigenvalue weighted by Gasteiger charge is 2.08. The summed E-state index contributed by atoms with van der Waals surface area (Å²) in [4.78, 5) is 8.32. The summed E-state index contributed by atoms with van der Waals surface area (Å²) in [7, 11) is 0. The predicted octanol–water partition coefficient (Wildman–Crippen LogP) is 4.89. The number of aromatic amines is 1. The molecule has 3 aromatic rings. The standard InChI is InChI=1S/C16H15FN2S/c1-10(14-8-18-9-19-14)3-5-15-11(2)13-7-12(17)4-6-16(13)20-15/h3-10H,1-2H3,(H,18,19)/t10-/m0/s1. The lowest BCUT2D eigenvalue weighted by atomic mass is 10.1. The average molecular weight is 286 g/mol. The van der Waals surface area contributed by atoms with Crippen LogP contribution < -0.4 is 0 Å². The smallest absolute Gasteiger partial charge is 0.123 e. The number of H-pyrrole nitrogens is 1. The SMILES string of the molecule is Cc1c(C=C[C@H](C)c2cnc[nH]2)sc2ccc(F)cc12. The molecule has 0 fully saturated rings. The number of aromatic nitrogens is 2. The number of fused-ring (bicyclic) bond motifs is 1. The molecule has 0 amide bonds. The monoisotopic (exact) mass is 286 g/mol. The van der Waals surface area contributed by atoms with Crippen molar-refractivity contribution in [2.75, 3.05) is 0 Å². The molecule has 0 aliphatic carbocycles. The van der Waals surface area contributed by atoms with Gasteiger partial charge >= 0.3 is 0 Å². The quantitative estimate of drug-likeness (QED) is 0.729. The number of hydrogen-bond donors (Lipinski definition) is 1. The van der Waals surface area contributed by atoms with Gasteiger partial charge < -0.3 is 4.98 Å². The molecule has 0 radical (unpaired) electrons. The van der Waals surface area contributed by atoms with Gasteiger partial charge in [0, 0.05) is 27.4 Å². The summed E-state index contributed by atoms with van der Waals surface area (Å²) in [5, 5.41) is 1.00. The van der Waals surface area contributed by atoms with Gasteiger partial charge in [-0.15, -0.1) is 11.3 Å². The van der Waals surface area contributed by atoms with Crippen molar-refractivity contribution in [3.8, 4) is 0 Å². The van der Waals surface area contributed by atoms with Gasteiger partial charge in [-0.1, -0.05) is 13.0 Å². The van der Waals surface area contributed by atoms with Crippen LogP contribution in [0.2, 0.25) is 0 Å². The van der Waals surface area contributed by atoms with E-state index in [4.69, 9.17) is 0 Å². The van der Waals surface area contributed by atoms with E-state index >= 15 is 0 Å². The third-order valence-electron chi connectivity index (χ3n) is 3.48. The Morgan fingerprint density at radius 1 is 1.40 bits per heavy atom. The van der Waals surface area contributed by atoms with E-state index in [-0.39, 0.29) is 11.7 Å². The Morgan fingerprint density at radius 3 is 3.00 bits per heavy atom. The van der Waals surface area contributed by atoms with Crippen LogP contribution in [0, 0.1) is 12.7 Å². The van der Waals surface area contributed by atoms with Crippen LogP contribution in [0.3, 0.4) is 0 Å². The van der Waals surface area contributed by atoms with Crippen LogP contribution in [0.25, 0.3) is 16.2 Å². The van der Waals surface area contributed by atoms with Crippen molar-refractivity contribution in [3.63, 3.8) is 0 Å². The van der Waals surface area contributed by atoms with Crippen molar-refractivity contribution < 1.29 is 4.39 Å². The lowest BCUT2D eigenvalue weighted by Crippen LogP contribution is -1.87. The highest BCUT2D eigenvalue weighted by molar-refractivity contribution is 7.20. The molecule has 0 spiro atoms. The number of benzene rings is 1. The molecule has 0 saturated carbocycles. The number of nitrogens with zero attached hydrogens (tertiary/aromatic N) is 1. The van der Waals surface area contributed by atoms with Crippen LogP contribution in [0.1, 0.15) is 29.0 Å². The molecule has 102 valence electrons. The van der Waals surface area contributed by atoms with E-state index in [2.05, 4.69) is 29.0 Å². The highest BCUT2D eigenvalue weighted by atomic mass is 32.1. The third kappa shape index (κ3) is 2.39. The topological polar surface area (TPSA) is 28.7 Å². The summed E-state index contributed by atoms with van der Waals surface area (Å²) in [6.45, 7) is 4.16. The number of hydrogen-bond acceptors (Lipinski definition) is 2. The fourth-order valence-corrected chi connectivity index (χ4v) is 3.33. The van der Waals surface area contributed by atoms with Gasteiger partial charge in [0.15, 0.2) is 0 Å². The molecular weight excluding hydrogens is 271 g/mol. The summed E-state index contributed by atoms with van der Waals surface area (Å²) in [5.41, 5.74) is 2.23. The maximum atomic E-state index is 13.3. The summed E-state index contributed by atoms with van der Waals surface area (Å²) in [5.74, 6) is 0.0959. The first-order valence-corrected chi connectivity index (χ1v) is 7.32. The number of allylic oxidation sites excluding steroid dienone is 1. The molecule has 0 aliphatic heterocycles. The van der Waals surface area contributed by atoms with Crippen molar-refractivity contribution >= 4 is 27.5 Å². The largest absolute Gasteiger partial charge is 0.348 e. The summed E-state index contributed by atoms with van der Waals surface area (Å²) < 4.78 is 14.4. The molecule has 0 unspecified atom stereocenters. The molecule has 0 saturated heterocycles. The Bertz CT molecular complexity index is 756. The number of nitrogens with one attached hydrogen (secondary N) is 1. The van der Waals surface area contributed by atoms with Crippen molar-refractivity contribution in [3.05, 3.63) is 58.8 Å². The van der Waals surface area contributed by atoms with Gasteiger partial charge in [0.2, 0.25) is 0 Å². The second kappa shape index (κ2) is 5.21. The molecule has 20 heavy (non-hydrogen) atoms. The van der Waals surface area contributed by atoms with Gasteiger partial charge in [-0.05, 0) is 42.1 Å². The highest BCUT2D eigenvalue weighted by Crippen LogP contribution is 2.32. The number of imidazole rings is 1. The maximum Gasteiger partial charge on any atom is 0.123 e. The number of rotatable bonds is 3. The minimum absolute atomic E-state index is 0.181. The van der Waals surface area contributed by atoms with Crippen LogP contribution in [0.15, 0.2) is 36.8 Å². The number of halogens is 1. The zero-order valence-electron chi connectivity index (χ0n) is 11.4. The van der Waals surface area contributed by atoms with E-state index in [1.165, 1.54) is 10.9 Å². The van der Waals surface area contributed by atoms with Crippen LogP contribution in [-0.2, 0) is 0 Å². The van der Waals surface area contributed by atoms with E-state index in [0.717, 1.165) is 21.3 Å². The Kier molecular flexibility index (Phi) is 3.40. The summed E-state index contributed by atoms with van der Waals surface area (Å²) in [6, 6.07) is 4.97. The number of aryl methyl sites for hydroxylation is 1. The summed E-state index contributed by atoms with van der Waals surface area (Å²) >= 11 is 1.69. The average Bonchev–Trinajstić information content (AvgIpc) is 3.06. The van der Waals surface area contributed by atoms with Crippen LogP contribution in [0.4, 0.5) is 4.39 Å². The molecule has 1 aromatic carbocycles. The van der Waals surface area contributed by atoms with Crippen molar-refractivity contribution in [1.82, 2.24) is 9.97 Å². The fourth-order valence-electron chi connectivity index (χ4n) is 2.22. The molecule has 3 rings (SSSR count). The zero-order valence-corrected chi connectivity index (χ0v) is 12.2. The van der Waals surface area contributed by atoms with Gasteiger partial charge in [0.05, 0.1) is 6.33 Å². The molecule has 1 N–H and O–H groups in total. The summed E-state index contributed by atoms with van der Waals surface area (Å²) in [6.07, 6.45) is 7.78. The van der Waals surface area contributed by atoms with E-state index in [1.807, 2.05) is 19.2 Å². The predicted molar refractivity (Wildman–Crippen MR) is 82.6 cm³/mol. The lowest BCUT2D eigenvalue weighted by molar-refractivity contribution is 0.630. The van der Waals surface area contributed by atoms with Gasteiger partial charge in [0.25, 0.3) is 0 Å². The van der Waals surface area contributed by atoms with E-state index in [1.54, 1.807) is 23.7 Å². The van der Waals surface area contributed by atoms with E-state index < -0.39 is 0 Å². The molecular formula is C16H15FN2S. The molecule has 2 nitrogen and oxygen atoms in total. The van der Waals surface area contributed by atoms with Gasteiger partial charge in [-0.2, -0.15) is 0 Å².